The lowest BCUT2D eigenvalue weighted by atomic mass is 9.72. The third-order valence-electron chi connectivity index (χ3n) is 6.66. The Hall–Kier alpha value is -2.92. The summed E-state index contributed by atoms with van der Waals surface area (Å²) in [5.74, 6) is 0.0859. The van der Waals surface area contributed by atoms with Crippen molar-refractivity contribution in [2.24, 2.45) is 5.73 Å². The van der Waals surface area contributed by atoms with E-state index >= 15 is 0 Å². The minimum Gasteiger partial charge on any atom is -0.383 e. The zero-order valence-corrected chi connectivity index (χ0v) is 19.8. The molecule has 33 heavy (non-hydrogen) atoms. The lowest BCUT2D eigenvalue weighted by Gasteiger charge is -2.47. The standard InChI is InChI=1S/C26H25BrN4O2/c27-20-8-4-7-18(13-20)24-21(16-28)26(29)31(30-9-11-33-12-10-30)22-14-19(15-23(32)25(22)24)17-5-2-1-3-6-17/h1-8,13,19,24H,9-12,14-15,29H2/t19-,24+/m0/s1. The van der Waals surface area contributed by atoms with Crippen LogP contribution >= 0.6 is 15.9 Å². The van der Waals surface area contributed by atoms with E-state index in [9.17, 15) is 10.1 Å². The number of nitrogens with two attached hydrogens (primary N) is 1. The van der Waals surface area contributed by atoms with Crippen molar-refractivity contribution in [2.75, 3.05) is 26.3 Å². The van der Waals surface area contributed by atoms with E-state index in [1.54, 1.807) is 0 Å². The predicted molar refractivity (Wildman–Crippen MR) is 128 cm³/mol. The molecule has 0 bridgehead atoms. The number of benzene rings is 2. The summed E-state index contributed by atoms with van der Waals surface area (Å²) in [5, 5.41) is 14.2. The lowest BCUT2D eigenvalue weighted by Crippen LogP contribution is -2.52. The van der Waals surface area contributed by atoms with Crippen LogP contribution in [0.3, 0.4) is 0 Å². The number of halogens is 1. The molecule has 5 rings (SSSR count). The number of carbonyl (C=O) groups is 1. The number of hydrogen-bond acceptors (Lipinski definition) is 6. The van der Waals surface area contributed by atoms with Gasteiger partial charge in [0.1, 0.15) is 5.82 Å². The van der Waals surface area contributed by atoms with Crippen molar-refractivity contribution in [3.05, 3.63) is 92.9 Å². The van der Waals surface area contributed by atoms with E-state index < -0.39 is 5.92 Å². The van der Waals surface area contributed by atoms with Crippen LogP contribution in [0.4, 0.5) is 0 Å². The van der Waals surface area contributed by atoms with Gasteiger partial charge in [0, 0.05) is 35.3 Å². The van der Waals surface area contributed by atoms with E-state index in [4.69, 9.17) is 10.5 Å². The predicted octanol–water partition coefficient (Wildman–Crippen LogP) is 4.19. The number of hydrazine groups is 1. The van der Waals surface area contributed by atoms with Crippen LogP contribution in [0.25, 0.3) is 0 Å². The number of Topliss-reactive ketones (excluding diaryl/α,β-unsaturated/α-hetero) is 1. The van der Waals surface area contributed by atoms with Crippen LogP contribution in [0.1, 0.15) is 35.8 Å². The van der Waals surface area contributed by atoms with Crippen LogP contribution in [0, 0.1) is 11.3 Å². The van der Waals surface area contributed by atoms with Crippen molar-refractivity contribution in [1.82, 2.24) is 10.0 Å². The molecule has 0 radical (unpaired) electrons. The van der Waals surface area contributed by atoms with Gasteiger partial charge >= 0.3 is 0 Å². The maximum Gasteiger partial charge on any atom is 0.162 e. The number of hydrogen-bond donors (Lipinski definition) is 1. The molecule has 2 aliphatic heterocycles. The number of morpholine rings is 1. The molecule has 1 fully saturated rings. The number of ether oxygens (including phenoxy) is 1. The molecule has 0 amide bonds. The zero-order chi connectivity index (χ0) is 22.9. The normalized spacial score (nSPS) is 24.0. The molecule has 1 aliphatic carbocycles. The highest BCUT2D eigenvalue weighted by atomic mass is 79.9. The Morgan fingerprint density at radius 3 is 2.45 bits per heavy atom. The molecule has 2 atom stereocenters. The fourth-order valence-electron chi connectivity index (χ4n) is 5.17. The average molecular weight is 505 g/mol. The molecule has 6 nitrogen and oxygen atoms in total. The van der Waals surface area contributed by atoms with Gasteiger partial charge in [0.25, 0.3) is 0 Å². The largest absolute Gasteiger partial charge is 0.383 e. The second-order valence-corrected chi connectivity index (χ2v) is 9.49. The minimum absolute atomic E-state index is 0.0700. The molecule has 1 saturated heterocycles. The van der Waals surface area contributed by atoms with Gasteiger partial charge in [0.15, 0.2) is 5.78 Å². The van der Waals surface area contributed by atoms with Crippen LogP contribution < -0.4 is 5.73 Å². The number of carbonyl (C=O) groups excluding carboxylic acids is 1. The van der Waals surface area contributed by atoms with Crippen LogP contribution in [-0.4, -0.2) is 42.1 Å². The second-order valence-electron chi connectivity index (χ2n) is 8.58. The molecule has 0 aromatic heterocycles. The van der Waals surface area contributed by atoms with Crippen molar-refractivity contribution < 1.29 is 9.53 Å². The summed E-state index contributed by atoms with van der Waals surface area (Å²) in [4.78, 5) is 13.8. The van der Waals surface area contributed by atoms with E-state index in [2.05, 4.69) is 39.1 Å². The van der Waals surface area contributed by atoms with Gasteiger partial charge in [0.05, 0.1) is 30.8 Å². The Bertz CT molecular complexity index is 1180. The van der Waals surface area contributed by atoms with Gasteiger partial charge in [-0.1, -0.05) is 58.4 Å². The first kappa shape index (κ1) is 21.9. The number of nitriles is 1. The molecule has 2 heterocycles. The minimum atomic E-state index is -0.469. The molecule has 2 N–H and O–H groups in total. The Labute approximate surface area is 202 Å². The zero-order valence-electron chi connectivity index (χ0n) is 18.2. The van der Waals surface area contributed by atoms with Crippen LogP contribution in [0.5, 0.6) is 0 Å². The average Bonchev–Trinajstić information content (AvgIpc) is 2.84. The summed E-state index contributed by atoms with van der Waals surface area (Å²) in [7, 11) is 0. The molecule has 3 aliphatic rings. The van der Waals surface area contributed by atoms with Crippen LogP contribution in [0.15, 0.2) is 81.7 Å². The first-order valence-electron chi connectivity index (χ1n) is 11.2. The quantitative estimate of drug-likeness (QED) is 0.674. The summed E-state index contributed by atoms with van der Waals surface area (Å²) in [6.07, 6.45) is 1.11. The van der Waals surface area contributed by atoms with Gasteiger partial charge in [-0.2, -0.15) is 5.26 Å². The van der Waals surface area contributed by atoms with Crippen molar-refractivity contribution in [2.45, 2.75) is 24.7 Å². The monoisotopic (exact) mass is 504 g/mol. The van der Waals surface area contributed by atoms with E-state index in [0.29, 0.717) is 56.1 Å². The lowest BCUT2D eigenvalue weighted by molar-refractivity contribution is -0.117. The highest BCUT2D eigenvalue weighted by molar-refractivity contribution is 9.10. The van der Waals surface area contributed by atoms with Crippen molar-refractivity contribution in [3.63, 3.8) is 0 Å². The third kappa shape index (κ3) is 3.99. The van der Waals surface area contributed by atoms with Crippen LogP contribution in [0.2, 0.25) is 0 Å². The SMILES string of the molecule is N#CC1=C(N)N(N2CCOCC2)C2=C(C(=O)C[C@@H](c3ccccc3)C2)[C@@H]1c1cccc(Br)c1. The molecule has 2 aromatic carbocycles. The number of rotatable bonds is 3. The van der Waals surface area contributed by atoms with Gasteiger partial charge in [-0.3, -0.25) is 9.80 Å². The molecule has 2 aromatic rings. The van der Waals surface area contributed by atoms with E-state index in [0.717, 1.165) is 21.3 Å². The smallest absolute Gasteiger partial charge is 0.162 e. The maximum atomic E-state index is 13.8. The van der Waals surface area contributed by atoms with E-state index in [1.807, 2.05) is 47.5 Å². The number of nitrogens with zero attached hydrogens (tertiary/aromatic N) is 3. The Balaban J connectivity index is 1.67. The Morgan fingerprint density at radius 1 is 1.03 bits per heavy atom. The topological polar surface area (TPSA) is 82.6 Å². The van der Waals surface area contributed by atoms with Gasteiger partial charge in [-0.05, 0) is 35.6 Å². The van der Waals surface area contributed by atoms with Gasteiger partial charge in [-0.15, -0.1) is 0 Å². The molecular formula is C26H25BrN4O2. The van der Waals surface area contributed by atoms with E-state index in [-0.39, 0.29) is 11.7 Å². The van der Waals surface area contributed by atoms with Crippen LogP contribution in [-0.2, 0) is 9.53 Å². The van der Waals surface area contributed by atoms with E-state index in [1.165, 1.54) is 0 Å². The molecule has 7 heteroatoms. The fourth-order valence-corrected chi connectivity index (χ4v) is 5.59. The van der Waals surface area contributed by atoms with Gasteiger partial charge < -0.3 is 10.5 Å². The summed E-state index contributed by atoms with van der Waals surface area (Å²) in [6, 6.07) is 20.3. The molecular weight excluding hydrogens is 480 g/mol. The first-order chi connectivity index (χ1) is 16.1. The number of ketones is 1. The van der Waals surface area contributed by atoms with Crippen molar-refractivity contribution in [1.29, 1.82) is 5.26 Å². The molecule has 0 unspecified atom stereocenters. The number of allylic oxidation sites excluding steroid dienone is 3. The third-order valence-corrected chi connectivity index (χ3v) is 7.16. The van der Waals surface area contributed by atoms with Crippen molar-refractivity contribution >= 4 is 21.7 Å². The second kappa shape index (κ2) is 9.14. The summed E-state index contributed by atoms with van der Waals surface area (Å²) in [5.41, 5.74) is 10.8. The maximum absolute atomic E-state index is 13.8. The summed E-state index contributed by atoms with van der Waals surface area (Å²) >= 11 is 3.54. The highest BCUT2D eigenvalue weighted by Crippen LogP contribution is 2.48. The highest BCUT2D eigenvalue weighted by Gasteiger charge is 2.44. The molecule has 0 saturated carbocycles. The van der Waals surface area contributed by atoms with Gasteiger partial charge in [-0.25, -0.2) is 5.01 Å². The van der Waals surface area contributed by atoms with Gasteiger partial charge in [0.2, 0.25) is 0 Å². The fraction of sp³-hybridized carbons (Fsp3) is 0.308. The van der Waals surface area contributed by atoms with Crippen molar-refractivity contribution in [3.8, 4) is 6.07 Å². The summed E-state index contributed by atoms with van der Waals surface area (Å²) in [6.45, 7) is 2.47. The Morgan fingerprint density at radius 2 is 1.76 bits per heavy atom. The molecule has 0 spiro atoms. The summed E-state index contributed by atoms with van der Waals surface area (Å²) < 4.78 is 6.45. The molecule has 168 valence electrons. The Kier molecular flexibility index (Phi) is 6.07. The first-order valence-corrected chi connectivity index (χ1v) is 12.0.